The summed E-state index contributed by atoms with van der Waals surface area (Å²) in [6.07, 6.45) is 18.2. The number of hydrogen-bond donors (Lipinski definition) is 0. The highest BCUT2D eigenvalue weighted by molar-refractivity contribution is 5.35. The molecule has 0 saturated heterocycles. The van der Waals surface area contributed by atoms with Gasteiger partial charge < -0.3 is 0 Å². The van der Waals surface area contributed by atoms with Gasteiger partial charge in [-0.05, 0) is 124 Å². The summed E-state index contributed by atoms with van der Waals surface area (Å²) < 4.78 is 0. The monoisotopic (exact) mass is 424 g/mol. The van der Waals surface area contributed by atoms with Gasteiger partial charge in [0.25, 0.3) is 0 Å². The highest BCUT2D eigenvalue weighted by atomic mass is 14.6. The third-order valence-corrected chi connectivity index (χ3v) is 11.6. The van der Waals surface area contributed by atoms with Crippen molar-refractivity contribution in [1.29, 1.82) is 0 Å². The average Bonchev–Trinajstić information content (AvgIpc) is 3.04. The van der Waals surface area contributed by atoms with Crippen LogP contribution in [0.4, 0.5) is 0 Å². The van der Waals surface area contributed by atoms with E-state index in [0.29, 0.717) is 16.2 Å². The lowest BCUT2D eigenvalue weighted by Gasteiger charge is -2.61. The second-order valence-electron chi connectivity index (χ2n) is 13.6. The van der Waals surface area contributed by atoms with Gasteiger partial charge in [-0.2, -0.15) is 0 Å². The lowest BCUT2D eigenvalue weighted by Crippen LogP contribution is -2.51. The molecule has 0 N–H and O–H groups in total. The van der Waals surface area contributed by atoms with Gasteiger partial charge in [-0.25, -0.2) is 0 Å². The van der Waals surface area contributed by atoms with Crippen LogP contribution < -0.4 is 0 Å². The van der Waals surface area contributed by atoms with Crippen LogP contribution in [0.15, 0.2) is 22.8 Å². The van der Waals surface area contributed by atoms with Crippen molar-refractivity contribution in [3.8, 4) is 0 Å². The van der Waals surface area contributed by atoms with Crippen LogP contribution in [-0.2, 0) is 0 Å². The zero-order valence-electron chi connectivity index (χ0n) is 22.2. The van der Waals surface area contributed by atoms with Crippen LogP contribution in [0.3, 0.4) is 0 Å². The molecule has 7 unspecified atom stereocenters. The Bertz CT molecular complexity index is 731. The molecular weight excluding hydrogens is 372 g/mol. The van der Waals surface area contributed by atoms with Crippen molar-refractivity contribution in [2.24, 2.45) is 45.8 Å². The van der Waals surface area contributed by atoms with Crippen molar-refractivity contribution in [1.82, 2.24) is 0 Å². The second kappa shape index (κ2) is 8.36. The smallest absolute Gasteiger partial charge is 0.00799 e. The molecular formula is C31H52. The van der Waals surface area contributed by atoms with E-state index in [9.17, 15) is 0 Å². The van der Waals surface area contributed by atoms with Crippen LogP contribution >= 0.6 is 0 Å². The molecule has 2 saturated carbocycles. The van der Waals surface area contributed by atoms with E-state index in [4.69, 9.17) is 0 Å². The average molecular weight is 425 g/mol. The van der Waals surface area contributed by atoms with E-state index in [1.165, 1.54) is 76.2 Å². The Hall–Kier alpha value is -0.520. The van der Waals surface area contributed by atoms with Crippen LogP contribution in [-0.4, -0.2) is 0 Å². The highest BCUT2D eigenvalue weighted by Crippen LogP contribution is 2.68. The quantitative estimate of drug-likeness (QED) is 0.385. The first kappa shape index (κ1) is 23.6. The Kier molecular flexibility index (Phi) is 6.37. The molecule has 7 atom stereocenters. The van der Waals surface area contributed by atoms with Gasteiger partial charge >= 0.3 is 0 Å². The summed E-state index contributed by atoms with van der Waals surface area (Å²) in [7, 11) is 0. The van der Waals surface area contributed by atoms with E-state index in [-0.39, 0.29) is 0 Å². The fraction of sp³-hybridized carbons (Fsp3) is 0.871. The van der Waals surface area contributed by atoms with E-state index in [1.807, 2.05) is 11.1 Å². The number of hydrogen-bond acceptors (Lipinski definition) is 0. The molecule has 0 aromatic heterocycles. The van der Waals surface area contributed by atoms with Crippen molar-refractivity contribution in [3.05, 3.63) is 22.8 Å². The van der Waals surface area contributed by atoms with Crippen molar-refractivity contribution in [2.45, 2.75) is 126 Å². The molecule has 4 rings (SSSR count). The van der Waals surface area contributed by atoms with Crippen LogP contribution in [0.1, 0.15) is 126 Å². The summed E-state index contributed by atoms with van der Waals surface area (Å²) >= 11 is 0. The van der Waals surface area contributed by atoms with E-state index in [1.54, 1.807) is 0 Å². The molecule has 0 nitrogen and oxygen atoms in total. The summed E-state index contributed by atoms with van der Waals surface area (Å²) in [4.78, 5) is 0. The van der Waals surface area contributed by atoms with Crippen LogP contribution in [0.25, 0.3) is 0 Å². The summed E-state index contributed by atoms with van der Waals surface area (Å²) in [5, 5.41) is 0. The molecule has 0 aromatic rings. The van der Waals surface area contributed by atoms with Gasteiger partial charge in [-0.3, -0.25) is 0 Å². The minimum absolute atomic E-state index is 0.497. The van der Waals surface area contributed by atoms with E-state index >= 15 is 0 Å². The number of allylic oxidation sites excluding steroid dienone is 4. The van der Waals surface area contributed by atoms with Crippen molar-refractivity contribution < 1.29 is 0 Å². The second-order valence-corrected chi connectivity index (χ2v) is 13.6. The van der Waals surface area contributed by atoms with Crippen molar-refractivity contribution in [3.63, 3.8) is 0 Å². The van der Waals surface area contributed by atoms with Gasteiger partial charge in [-0.1, -0.05) is 70.8 Å². The highest BCUT2D eigenvalue weighted by Gasteiger charge is 2.58. The van der Waals surface area contributed by atoms with Gasteiger partial charge in [0, 0.05) is 0 Å². The Morgan fingerprint density at radius 1 is 1.00 bits per heavy atom. The molecule has 31 heavy (non-hydrogen) atoms. The Balaban J connectivity index is 1.58. The summed E-state index contributed by atoms with van der Waals surface area (Å²) in [5.41, 5.74) is 7.03. The Morgan fingerprint density at radius 3 is 2.42 bits per heavy atom. The third-order valence-electron chi connectivity index (χ3n) is 11.6. The standard InChI is InChI=1S/C31H52/c1-9-23-17-19-31(8)27-18-20-30(7)25(22(4)12-10-11-21(2)3)14-15-26(30)24(27)13-16-28(31)29(23,5)6/h11,22-23,25-26,28H,9-10,12-20H2,1-8H3. The third kappa shape index (κ3) is 3.71. The molecule has 0 heteroatoms. The predicted molar refractivity (Wildman–Crippen MR) is 136 cm³/mol. The van der Waals surface area contributed by atoms with E-state index in [0.717, 1.165) is 29.6 Å². The lowest BCUT2D eigenvalue weighted by molar-refractivity contribution is -0.0471. The Labute approximate surface area is 194 Å². The predicted octanol–water partition coefficient (Wildman–Crippen LogP) is 9.75. The van der Waals surface area contributed by atoms with Gasteiger partial charge in [0.2, 0.25) is 0 Å². The van der Waals surface area contributed by atoms with E-state index < -0.39 is 0 Å². The maximum absolute atomic E-state index is 2.71. The lowest BCUT2D eigenvalue weighted by atomic mass is 9.44. The molecule has 0 aliphatic heterocycles. The zero-order valence-corrected chi connectivity index (χ0v) is 22.2. The van der Waals surface area contributed by atoms with Gasteiger partial charge in [-0.15, -0.1) is 0 Å². The molecule has 0 amide bonds. The molecule has 0 heterocycles. The van der Waals surface area contributed by atoms with Crippen molar-refractivity contribution >= 4 is 0 Å². The van der Waals surface area contributed by atoms with Gasteiger partial charge in [0.05, 0.1) is 0 Å². The molecule has 176 valence electrons. The first-order valence-electron chi connectivity index (χ1n) is 13.9. The molecule has 0 spiro atoms. The van der Waals surface area contributed by atoms with Gasteiger partial charge in [0.1, 0.15) is 0 Å². The molecule has 0 aromatic carbocycles. The van der Waals surface area contributed by atoms with E-state index in [2.05, 4.69) is 61.5 Å². The largest absolute Gasteiger partial charge is 0.0859 e. The first-order valence-corrected chi connectivity index (χ1v) is 13.9. The topological polar surface area (TPSA) is 0 Å². The maximum Gasteiger partial charge on any atom is -0.00799 e. The maximum atomic E-state index is 2.71. The molecule has 0 bridgehead atoms. The van der Waals surface area contributed by atoms with Crippen LogP contribution in [0.2, 0.25) is 0 Å². The number of fused-ring (bicyclic) bond motifs is 4. The zero-order chi connectivity index (χ0) is 22.6. The minimum atomic E-state index is 0.497. The summed E-state index contributed by atoms with van der Waals surface area (Å²) in [5.74, 6) is 4.55. The Morgan fingerprint density at radius 2 is 1.74 bits per heavy atom. The fourth-order valence-electron chi connectivity index (χ4n) is 9.92. The number of rotatable bonds is 5. The SMILES string of the molecule is CCC1CCC2(C)C3=C(CCC2C1(C)C)C1CCC(C(C)CCC=C(C)C)C1(C)CC3. The fourth-order valence-corrected chi connectivity index (χ4v) is 9.92. The van der Waals surface area contributed by atoms with Gasteiger partial charge in [0.15, 0.2) is 0 Å². The molecule has 2 fully saturated rings. The van der Waals surface area contributed by atoms with Crippen LogP contribution in [0, 0.1) is 45.8 Å². The van der Waals surface area contributed by atoms with Crippen molar-refractivity contribution in [2.75, 3.05) is 0 Å². The summed E-state index contributed by atoms with van der Waals surface area (Å²) in [6.45, 7) is 20.2. The minimum Gasteiger partial charge on any atom is -0.0859 e. The molecule has 4 aliphatic rings. The van der Waals surface area contributed by atoms with Crippen LogP contribution in [0.5, 0.6) is 0 Å². The summed E-state index contributed by atoms with van der Waals surface area (Å²) in [6, 6.07) is 0. The molecule has 4 aliphatic carbocycles. The molecule has 0 radical (unpaired) electrons. The first-order chi connectivity index (χ1) is 14.6. The normalized spacial score (nSPS) is 42.5.